The van der Waals surface area contributed by atoms with Crippen molar-refractivity contribution in [2.75, 3.05) is 32.0 Å². The number of aromatic nitrogens is 3. The zero-order chi connectivity index (χ0) is 29.3. The average Bonchev–Trinajstić information content (AvgIpc) is 3.41. The molecule has 8 nitrogen and oxygen atoms in total. The lowest BCUT2D eigenvalue weighted by molar-refractivity contribution is -0.143. The summed E-state index contributed by atoms with van der Waals surface area (Å²) in [7, 11) is 0. The van der Waals surface area contributed by atoms with Gasteiger partial charge in [0.2, 0.25) is 5.91 Å². The van der Waals surface area contributed by atoms with Crippen LogP contribution in [0.4, 0.5) is 0 Å². The quantitative estimate of drug-likeness (QED) is 0.179. The molecule has 1 aromatic heterocycles. The fourth-order valence-corrected chi connectivity index (χ4v) is 6.07. The maximum absolute atomic E-state index is 13.0. The van der Waals surface area contributed by atoms with Crippen molar-refractivity contribution in [3.8, 4) is 11.4 Å². The number of aryl methyl sites for hydroxylation is 1. The number of rotatable bonds is 11. The number of benzene rings is 3. The molecule has 1 aliphatic heterocycles. The second-order valence-corrected chi connectivity index (χ2v) is 11.6. The molecule has 0 N–H and O–H groups in total. The number of ether oxygens (including phenoxy) is 1. The van der Waals surface area contributed by atoms with Crippen LogP contribution in [0.1, 0.15) is 36.7 Å². The predicted molar refractivity (Wildman–Crippen MR) is 165 cm³/mol. The first-order chi connectivity index (χ1) is 20.5. The number of nitrogens with zero attached hydrogens (tertiary/aromatic N) is 5. The van der Waals surface area contributed by atoms with Crippen molar-refractivity contribution in [2.45, 2.75) is 44.3 Å². The molecule has 3 aromatic carbocycles. The van der Waals surface area contributed by atoms with Crippen LogP contribution in [0.5, 0.6) is 5.75 Å². The van der Waals surface area contributed by atoms with Gasteiger partial charge in [0.25, 0.3) is 5.91 Å². The molecular weight excluding hydrogens is 546 g/mol. The van der Waals surface area contributed by atoms with Gasteiger partial charge < -0.3 is 14.5 Å². The number of hydrogen-bond acceptors (Lipinski definition) is 6. The van der Waals surface area contributed by atoms with Gasteiger partial charge in [-0.2, -0.15) is 0 Å². The molecule has 4 aromatic rings. The third kappa shape index (κ3) is 7.59. The van der Waals surface area contributed by atoms with E-state index in [-0.39, 0.29) is 24.5 Å². The molecule has 1 fully saturated rings. The summed E-state index contributed by atoms with van der Waals surface area (Å²) in [6, 6.07) is 27.9. The van der Waals surface area contributed by atoms with Crippen LogP contribution in [0, 0.1) is 6.92 Å². The number of carbonyl (C=O) groups excluding carboxylic acids is 2. The van der Waals surface area contributed by atoms with Crippen LogP contribution in [0.3, 0.4) is 0 Å². The fraction of sp³-hybridized carbons (Fsp3) is 0.333. The number of piperazine rings is 1. The van der Waals surface area contributed by atoms with Crippen molar-refractivity contribution in [3.63, 3.8) is 0 Å². The van der Waals surface area contributed by atoms with Crippen LogP contribution in [-0.2, 0) is 16.0 Å². The minimum atomic E-state index is -0.0563. The highest BCUT2D eigenvalue weighted by atomic mass is 32.2. The second kappa shape index (κ2) is 14.2. The molecule has 1 atom stereocenters. The van der Waals surface area contributed by atoms with Gasteiger partial charge in [0.05, 0.1) is 0 Å². The van der Waals surface area contributed by atoms with E-state index in [9.17, 15) is 9.59 Å². The standard InChI is InChI=1S/C33H37N5O3S/c1-25-11-9-14-28(21-25)38-30(22-27-12-5-3-6-13-27)34-35-33(38)42-20-10-17-31(39)36-18-19-37(26(2)23-36)32(40)24-41-29-15-7-4-8-16-29/h3-9,11-16,21,26H,10,17-20,22-24H2,1-2H3. The molecular formula is C33H37N5O3S. The van der Waals surface area contributed by atoms with E-state index in [0.29, 0.717) is 38.2 Å². The zero-order valence-corrected chi connectivity index (χ0v) is 25.0. The normalized spacial score (nSPS) is 15.0. The van der Waals surface area contributed by atoms with Gasteiger partial charge in [-0.05, 0) is 55.7 Å². The molecule has 5 rings (SSSR count). The van der Waals surface area contributed by atoms with E-state index < -0.39 is 0 Å². The van der Waals surface area contributed by atoms with Crippen LogP contribution in [0.25, 0.3) is 5.69 Å². The van der Waals surface area contributed by atoms with E-state index in [1.165, 1.54) is 11.1 Å². The van der Waals surface area contributed by atoms with E-state index in [0.717, 1.165) is 28.8 Å². The molecule has 0 aliphatic carbocycles. The fourth-order valence-electron chi connectivity index (χ4n) is 5.16. The monoisotopic (exact) mass is 583 g/mol. The van der Waals surface area contributed by atoms with E-state index in [1.807, 2.05) is 65.3 Å². The summed E-state index contributed by atoms with van der Waals surface area (Å²) in [6.45, 7) is 5.66. The van der Waals surface area contributed by atoms with Gasteiger partial charge in [-0.15, -0.1) is 10.2 Å². The van der Waals surface area contributed by atoms with Crippen molar-refractivity contribution in [1.29, 1.82) is 0 Å². The van der Waals surface area contributed by atoms with Gasteiger partial charge in [0.1, 0.15) is 11.6 Å². The summed E-state index contributed by atoms with van der Waals surface area (Å²) < 4.78 is 7.76. The van der Waals surface area contributed by atoms with Crippen molar-refractivity contribution in [2.24, 2.45) is 0 Å². The summed E-state index contributed by atoms with van der Waals surface area (Å²) in [5, 5.41) is 9.90. The summed E-state index contributed by atoms with van der Waals surface area (Å²) >= 11 is 1.63. The molecule has 9 heteroatoms. The van der Waals surface area contributed by atoms with Crippen LogP contribution in [0.2, 0.25) is 0 Å². The minimum Gasteiger partial charge on any atom is -0.484 e. The smallest absolute Gasteiger partial charge is 0.260 e. The van der Waals surface area contributed by atoms with Crippen molar-refractivity contribution >= 4 is 23.6 Å². The molecule has 218 valence electrons. The van der Waals surface area contributed by atoms with E-state index in [1.54, 1.807) is 11.8 Å². The van der Waals surface area contributed by atoms with Crippen LogP contribution in [-0.4, -0.2) is 74.4 Å². The van der Waals surface area contributed by atoms with Crippen LogP contribution < -0.4 is 4.74 Å². The Morgan fingerprint density at radius 2 is 1.69 bits per heavy atom. The summed E-state index contributed by atoms with van der Waals surface area (Å²) in [4.78, 5) is 29.5. The average molecular weight is 584 g/mol. The molecule has 0 bridgehead atoms. The molecule has 42 heavy (non-hydrogen) atoms. The number of thioether (sulfide) groups is 1. The van der Waals surface area contributed by atoms with Crippen LogP contribution >= 0.6 is 11.8 Å². The zero-order valence-electron chi connectivity index (χ0n) is 24.2. The van der Waals surface area contributed by atoms with Crippen LogP contribution in [0.15, 0.2) is 90.1 Å². The van der Waals surface area contributed by atoms with Gasteiger partial charge in [-0.3, -0.25) is 14.2 Å². The SMILES string of the molecule is Cc1cccc(-n2c(Cc3ccccc3)nnc2SCCCC(=O)N2CCN(C(=O)COc3ccccc3)C(C)C2)c1. The first-order valence-electron chi connectivity index (χ1n) is 14.4. The van der Waals surface area contributed by atoms with Crippen molar-refractivity contribution < 1.29 is 14.3 Å². The van der Waals surface area contributed by atoms with Crippen molar-refractivity contribution in [3.05, 3.63) is 102 Å². The van der Waals surface area contributed by atoms with E-state index in [2.05, 4.69) is 58.1 Å². The Kier molecular flexibility index (Phi) is 9.92. The number of para-hydroxylation sites is 1. The van der Waals surface area contributed by atoms with Gasteiger partial charge in [-0.25, -0.2) is 0 Å². The van der Waals surface area contributed by atoms with Gasteiger partial charge in [0, 0.05) is 50.0 Å². The summed E-state index contributed by atoms with van der Waals surface area (Å²) in [6.07, 6.45) is 1.88. The lowest BCUT2D eigenvalue weighted by atomic mass is 10.1. The van der Waals surface area contributed by atoms with Crippen molar-refractivity contribution in [1.82, 2.24) is 24.6 Å². The highest BCUT2D eigenvalue weighted by molar-refractivity contribution is 7.99. The molecule has 0 saturated carbocycles. The number of carbonyl (C=O) groups is 2. The lowest BCUT2D eigenvalue weighted by Gasteiger charge is -2.39. The Morgan fingerprint density at radius 3 is 2.43 bits per heavy atom. The Hall–Kier alpha value is -4.11. The third-order valence-corrected chi connectivity index (χ3v) is 8.35. The van der Waals surface area contributed by atoms with E-state index >= 15 is 0 Å². The van der Waals surface area contributed by atoms with Gasteiger partial charge >= 0.3 is 0 Å². The van der Waals surface area contributed by atoms with Gasteiger partial charge in [0.15, 0.2) is 11.8 Å². The number of amides is 2. The predicted octanol–water partition coefficient (Wildman–Crippen LogP) is 5.18. The highest BCUT2D eigenvalue weighted by Crippen LogP contribution is 2.25. The first kappa shape index (κ1) is 29.4. The summed E-state index contributed by atoms with van der Waals surface area (Å²) in [5.74, 6) is 2.39. The van der Waals surface area contributed by atoms with Gasteiger partial charge in [-0.1, -0.05) is 72.4 Å². The summed E-state index contributed by atoms with van der Waals surface area (Å²) in [5.41, 5.74) is 3.40. The molecule has 1 unspecified atom stereocenters. The lowest BCUT2D eigenvalue weighted by Crippen LogP contribution is -2.56. The molecule has 1 saturated heterocycles. The molecule has 1 aliphatic rings. The number of hydrogen-bond donors (Lipinski definition) is 0. The third-order valence-electron chi connectivity index (χ3n) is 7.34. The van der Waals surface area contributed by atoms with E-state index in [4.69, 9.17) is 4.74 Å². The molecule has 2 heterocycles. The molecule has 0 radical (unpaired) electrons. The Bertz CT molecular complexity index is 1480. The first-order valence-corrected chi connectivity index (χ1v) is 15.4. The second-order valence-electron chi connectivity index (χ2n) is 10.6. The maximum atomic E-state index is 13.0. The Morgan fingerprint density at radius 1 is 0.929 bits per heavy atom. The Labute approximate surface area is 251 Å². The largest absolute Gasteiger partial charge is 0.484 e. The maximum Gasteiger partial charge on any atom is 0.260 e. The Balaban J connectivity index is 1.12. The highest BCUT2D eigenvalue weighted by Gasteiger charge is 2.29. The molecule has 0 spiro atoms. The topological polar surface area (TPSA) is 80.6 Å². The minimum absolute atomic E-state index is 0.000244. The molecule has 2 amide bonds.